The Morgan fingerprint density at radius 3 is 2.48 bits per heavy atom. The van der Waals surface area contributed by atoms with E-state index in [0.29, 0.717) is 18.3 Å². The van der Waals surface area contributed by atoms with Gasteiger partial charge in [-0.2, -0.15) is 13.2 Å². The van der Waals surface area contributed by atoms with Gasteiger partial charge < -0.3 is 9.88 Å². The number of nitrogens with one attached hydrogen (secondary N) is 1. The van der Waals surface area contributed by atoms with Crippen LogP contribution >= 0.6 is 0 Å². The number of hydrogen-bond donors (Lipinski definition) is 1. The highest BCUT2D eigenvalue weighted by atomic mass is 19.4. The molecule has 124 valence electrons. The van der Waals surface area contributed by atoms with Gasteiger partial charge in [0.25, 0.3) is 0 Å². The maximum Gasteiger partial charge on any atom is 0.417 e. The smallest absolute Gasteiger partial charge is 0.362 e. The fourth-order valence-electron chi connectivity index (χ4n) is 2.55. The topological polar surface area (TPSA) is 53.2 Å². The average molecular weight is 326 g/mol. The van der Waals surface area contributed by atoms with Gasteiger partial charge in [0.15, 0.2) is 5.78 Å². The van der Waals surface area contributed by atoms with Crippen LogP contribution in [0.2, 0.25) is 0 Å². The molecule has 23 heavy (non-hydrogen) atoms. The van der Waals surface area contributed by atoms with Crippen LogP contribution in [-0.2, 0) is 11.0 Å². The van der Waals surface area contributed by atoms with E-state index in [-0.39, 0.29) is 16.7 Å². The summed E-state index contributed by atoms with van der Waals surface area (Å²) in [7, 11) is 0. The van der Waals surface area contributed by atoms with E-state index < -0.39 is 23.3 Å². The van der Waals surface area contributed by atoms with Crippen molar-refractivity contribution in [2.24, 2.45) is 0 Å². The first-order chi connectivity index (χ1) is 10.6. The highest BCUT2D eigenvalue weighted by Gasteiger charge is 2.33. The van der Waals surface area contributed by atoms with Crippen molar-refractivity contribution in [3.63, 3.8) is 0 Å². The van der Waals surface area contributed by atoms with Gasteiger partial charge in [-0.3, -0.25) is 9.59 Å². The molecule has 1 heterocycles. The summed E-state index contributed by atoms with van der Waals surface area (Å²) in [5.41, 5.74) is -1.17. The quantitative estimate of drug-likeness (QED) is 0.937. The molecule has 1 atom stereocenters. The molecule has 0 saturated heterocycles. The second kappa shape index (κ2) is 6.06. The predicted molar refractivity (Wildman–Crippen MR) is 82.7 cm³/mol. The number of ketones is 1. The van der Waals surface area contributed by atoms with Crippen molar-refractivity contribution in [2.75, 3.05) is 11.4 Å². The summed E-state index contributed by atoms with van der Waals surface area (Å²) in [6.45, 7) is 5.43. The number of rotatable bonds is 4. The second-order valence-electron chi connectivity index (χ2n) is 5.35. The molecule has 0 fully saturated rings. The number of halogens is 3. The number of pyridine rings is 1. The molecule has 2 rings (SSSR count). The van der Waals surface area contributed by atoms with Crippen molar-refractivity contribution < 1.29 is 18.0 Å². The van der Waals surface area contributed by atoms with E-state index in [4.69, 9.17) is 0 Å². The number of nitrogens with zero attached hydrogens (tertiary/aromatic N) is 1. The fourth-order valence-corrected chi connectivity index (χ4v) is 2.55. The summed E-state index contributed by atoms with van der Waals surface area (Å²) in [6, 6.07) is 4.49. The Labute approximate surface area is 130 Å². The molecule has 0 bridgehead atoms. The van der Waals surface area contributed by atoms with Crippen molar-refractivity contribution in [3.8, 4) is 0 Å². The predicted octanol–water partition coefficient (Wildman–Crippen LogP) is 3.35. The summed E-state index contributed by atoms with van der Waals surface area (Å²) in [4.78, 5) is 27.1. The van der Waals surface area contributed by atoms with Gasteiger partial charge in [0, 0.05) is 29.2 Å². The number of fused-ring (bicyclic) bond motifs is 1. The highest BCUT2D eigenvalue weighted by molar-refractivity contribution is 5.89. The van der Waals surface area contributed by atoms with Crippen LogP contribution in [0.25, 0.3) is 10.9 Å². The van der Waals surface area contributed by atoms with Gasteiger partial charge in [-0.1, -0.05) is 0 Å². The van der Waals surface area contributed by atoms with Gasteiger partial charge in [-0.25, -0.2) is 0 Å². The van der Waals surface area contributed by atoms with Crippen LogP contribution in [0.5, 0.6) is 0 Å². The summed E-state index contributed by atoms with van der Waals surface area (Å²) < 4.78 is 39.5. The molecule has 4 nitrogen and oxygen atoms in total. The normalized spacial score (nSPS) is 13.1. The van der Waals surface area contributed by atoms with Crippen LogP contribution in [0.15, 0.2) is 29.1 Å². The summed E-state index contributed by atoms with van der Waals surface area (Å²) in [6.07, 6.45) is -4.63. The minimum absolute atomic E-state index is 0.0792. The molecule has 0 amide bonds. The molecule has 0 aliphatic heterocycles. The molecular formula is C16H17F3N2O2. The lowest BCUT2D eigenvalue weighted by Gasteiger charge is -2.28. The zero-order chi connectivity index (χ0) is 17.4. The molecule has 0 radical (unpaired) electrons. The zero-order valence-corrected chi connectivity index (χ0v) is 13.0. The van der Waals surface area contributed by atoms with Gasteiger partial charge in [0.05, 0.1) is 11.6 Å². The number of carbonyl (C=O) groups excluding carboxylic acids is 1. The lowest BCUT2D eigenvalue weighted by molar-refractivity contribution is -0.136. The Bertz CT molecular complexity index is 796. The molecule has 0 aliphatic carbocycles. The maximum atomic E-state index is 13.2. The largest absolute Gasteiger partial charge is 0.417 e. The molecule has 1 aromatic heterocycles. The van der Waals surface area contributed by atoms with E-state index in [0.717, 1.165) is 0 Å². The molecule has 1 N–H and O–H groups in total. The molecular weight excluding hydrogens is 309 g/mol. The molecule has 0 saturated carbocycles. The van der Waals surface area contributed by atoms with Crippen molar-refractivity contribution in [1.29, 1.82) is 0 Å². The maximum absolute atomic E-state index is 13.2. The molecule has 2 aromatic rings. The second-order valence-corrected chi connectivity index (χ2v) is 5.35. The lowest BCUT2D eigenvalue weighted by atomic mass is 10.1. The number of likely N-dealkylation sites (N-methyl/N-ethyl adjacent to an activating group) is 1. The van der Waals surface area contributed by atoms with E-state index in [9.17, 15) is 22.8 Å². The van der Waals surface area contributed by atoms with Gasteiger partial charge in [-0.15, -0.1) is 0 Å². The first-order valence-corrected chi connectivity index (χ1v) is 7.16. The number of alkyl halides is 3. The Hall–Kier alpha value is -2.31. The number of aromatic nitrogens is 1. The number of Topliss-reactive ketones (excluding diaryl/α,β-unsaturated/α-hetero) is 1. The van der Waals surface area contributed by atoms with Crippen LogP contribution in [0.4, 0.5) is 18.9 Å². The molecule has 0 spiro atoms. The number of anilines is 1. The van der Waals surface area contributed by atoms with Gasteiger partial charge in [0.1, 0.15) is 0 Å². The SMILES string of the molecule is CCN(c1ccc2[nH]c(=O)cc(C(F)(F)F)c2c1)C(C)C(C)=O. The summed E-state index contributed by atoms with van der Waals surface area (Å²) in [5.74, 6) is -0.0792. The number of H-pyrrole nitrogens is 1. The number of benzene rings is 1. The van der Waals surface area contributed by atoms with Crippen LogP contribution in [0.1, 0.15) is 26.3 Å². The number of aromatic amines is 1. The fraction of sp³-hybridized carbons (Fsp3) is 0.375. The minimum Gasteiger partial charge on any atom is -0.362 e. The average Bonchev–Trinajstić information content (AvgIpc) is 2.46. The van der Waals surface area contributed by atoms with Gasteiger partial charge in [-0.05, 0) is 39.0 Å². The van der Waals surface area contributed by atoms with Crippen molar-refractivity contribution in [1.82, 2.24) is 4.98 Å². The standard InChI is InChI=1S/C16H17F3N2O2/c1-4-21(9(2)10(3)22)11-5-6-14-12(7-11)13(16(17,18)19)8-15(23)20-14/h5-9H,4H2,1-3H3,(H,20,23). The first-order valence-electron chi connectivity index (χ1n) is 7.16. The lowest BCUT2D eigenvalue weighted by Crippen LogP contribution is -2.37. The van der Waals surface area contributed by atoms with Crippen LogP contribution in [0.3, 0.4) is 0 Å². The summed E-state index contributed by atoms with van der Waals surface area (Å²) in [5, 5.41) is -0.0937. The van der Waals surface area contributed by atoms with Gasteiger partial charge >= 0.3 is 6.18 Å². The van der Waals surface area contributed by atoms with Crippen molar-refractivity contribution >= 4 is 22.4 Å². The van der Waals surface area contributed by atoms with E-state index in [1.165, 1.54) is 19.1 Å². The third-order valence-corrected chi connectivity index (χ3v) is 3.86. The number of carbonyl (C=O) groups is 1. The van der Waals surface area contributed by atoms with Gasteiger partial charge in [0.2, 0.25) is 5.56 Å². The molecule has 1 unspecified atom stereocenters. The Balaban J connectivity index is 2.68. The minimum atomic E-state index is -4.63. The van der Waals surface area contributed by atoms with E-state index in [1.807, 2.05) is 6.92 Å². The van der Waals surface area contributed by atoms with Crippen LogP contribution in [0, 0.1) is 0 Å². The monoisotopic (exact) mass is 326 g/mol. The highest BCUT2D eigenvalue weighted by Crippen LogP contribution is 2.35. The molecule has 1 aromatic carbocycles. The third-order valence-electron chi connectivity index (χ3n) is 3.86. The zero-order valence-electron chi connectivity index (χ0n) is 13.0. The Kier molecular flexibility index (Phi) is 4.49. The molecule has 7 heteroatoms. The third kappa shape index (κ3) is 3.38. The van der Waals surface area contributed by atoms with E-state index >= 15 is 0 Å². The van der Waals surface area contributed by atoms with Crippen molar-refractivity contribution in [2.45, 2.75) is 33.0 Å². The van der Waals surface area contributed by atoms with Crippen molar-refractivity contribution in [3.05, 3.63) is 40.2 Å². The van der Waals surface area contributed by atoms with Crippen LogP contribution in [-0.4, -0.2) is 23.4 Å². The molecule has 0 aliphatic rings. The van der Waals surface area contributed by atoms with Crippen LogP contribution < -0.4 is 10.5 Å². The Morgan fingerprint density at radius 1 is 1.30 bits per heavy atom. The number of hydrogen-bond acceptors (Lipinski definition) is 3. The summed E-state index contributed by atoms with van der Waals surface area (Å²) >= 11 is 0. The Morgan fingerprint density at radius 2 is 1.96 bits per heavy atom. The van der Waals surface area contributed by atoms with E-state index in [2.05, 4.69) is 4.98 Å². The first kappa shape index (κ1) is 17.1. The van der Waals surface area contributed by atoms with E-state index in [1.54, 1.807) is 17.9 Å².